The maximum atomic E-state index is 11.6. The highest BCUT2D eigenvalue weighted by molar-refractivity contribution is 5.96. The van der Waals surface area contributed by atoms with E-state index in [4.69, 9.17) is 9.47 Å². The molecule has 5 heteroatoms. The maximum absolute atomic E-state index is 11.6. The van der Waals surface area contributed by atoms with Gasteiger partial charge in [-0.2, -0.15) is 0 Å². The molecule has 0 fully saturated rings. The van der Waals surface area contributed by atoms with Crippen molar-refractivity contribution in [3.8, 4) is 39.5 Å². The lowest BCUT2D eigenvalue weighted by Crippen LogP contribution is -1.99. The normalized spacial score (nSPS) is 10.4. The predicted molar refractivity (Wildman–Crippen MR) is 99.0 cm³/mol. The fourth-order valence-corrected chi connectivity index (χ4v) is 2.90. The fourth-order valence-electron chi connectivity index (χ4n) is 2.90. The predicted octanol–water partition coefficient (Wildman–Crippen LogP) is 4.44. The molecule has 0 spiro atoms. The van der Waals surface area contributed by atoms with E-state index in [-0.39, 0.29) is 11.3 Å². The van der Waals surface area contributed by atoms with Crippen molar-refractivity contribution >= 4 is 5.97 Å². The van der Waals surface area contributed by atoms with Crippen LogP contribution in [0.2, 0.25) is 0 Å². The van der Waals surface area contributed by atoms with Gasteiger partial charge >= 0.3 is 5.97 Å². The van der Waals surface area contributed by atoms with Gasteiger partial charge in [0.2, 0.25) is 0 Å². The van der Waals surface area contributed by atoms with E-state index in [1.165, 1.54) is 26.4 Å². The molecular formula is C21H18O5. The molecule has 0 heterocycles. The lowest BCUT2D eigenvalue weighted by Gasteiger charge is -2.16. The molecule has 26 heavy (non-hydrogen) atoms. The minimum atomic E-state index is -1.09. The zero-order valence-corrected chi connectivity index (χ0v) is 14.4. The maximum Gasteiger partial charge on any atom is 0.335 e. The van der Waals surface area contributed by atoms with Gasteiger partial charge in [0.25, 0.3) is 0 Å². The molecular weight excluding hydrogens is 332 g/mol. The van der Waals surface area contributed by atoms with Crippen molar-refractivity contribution in [3.63, 3.8) is 0 Å². The number of methoxy groups -OCH3 is 2. The Kier molecular flexibility index (Phi) is 4.80. The first-order chi connectivity index (χ1) is 12.6. The van der Waals surface area contributed by atoms with Crippen LogP contribution in [0.1, 0.15) is 10.4 Å². The van der Waals surface area contributed by atoms with Gasteiger partial charge in [0.1, 0.15) is 17.2 Å². The summed E-state index contributed by atoms with van der Waals surface area (Å²) in [5.41, 5.74) is 2.02. The standard InChI is InChI=1S/C21H18O5/c1-25-18-9-5-3-7-14(18)16-11-13(21(23)24)12-17(20(16)22)15-8-4-6-10-19(15)26-2/h3-12,22H,1-2H3,(H,23,24). The minimum absolute atomic E-state index is 0.0380. The molecule has 0 aliphatic heterocycles. The van der Waals surface area contributed by atoms with Gasteiger partial charge in [-0.1, -0.05) is 36.4 Å². The molecule has 0 atom stereocenters. The van der Waals surface area contributed by atoms with Crippen LogP contribution in [0.5, 0.6) is 17.2 Å². The third-order valence-corrected chi connectivity index (χ3v) is 4.15. The van der Waals surface area contributed by atoms with E-state index in [2.05, 4.69) is 0 Å². The van der Waals surface area contributed by atoms with E-state index >= 15 is 0 Å². The van der Waals surface area contributed by atoms with Crippen molar-refractivity contribution in [2.24, 2.45) is 0 Å². The first-order valence-electron chi connectivity index (χ1n) is 7.94. The van der Waals surface area contributed by atoms with Gasteiger partial charge in [-0.05, 0) is 24.3 Å². The van der Waals surface area contributed by atoms with Crippen molar-refractivity contribution in [2.75, 3.05) is 14.2 Å². The molecule has 0 saturated carbocycles. The average Bonchev–Trinajstić information content (AvgIpc) is 2.68. The minimum Gasteiger partial charge on any atom is -0.507 e. The van der Waals surface area contributed by atoms with Crippen molar-refractivity contribution in [2.45, 2.75) is 0 Å². The summed E-state index contributed by atoms with van der Waals surface area (Å²) in [6.07, 6.45) is 0. The molecule has 3 aromatic rings. The second-order valence-corrected chi connectivity index (χ2v) is 5.63. The van der Waals surface area contributed by atoms with E-state index in [9.17, 15) is 15.0 Å². The Hall–Kier alpha value is -3.47. The van der Waals surface area contributed by atoms with Gasteiger partial charge < -0.3 is 19.7 Å². The molecule has 0 aliphatic rings. The van der Waals surface area contributed by atoms with E-state index < -0.39 is 5.97 Å². The third-order valence-electron chi connectivity index (χ3n) is 4.15. The molecule has 132 valence electrons. The quantitative estimate of drug-likeness (QED) is 0.711. The number of benzene rings is 3. The number of aromatic carboxylic acids is 1. The molecule has 5 nitrogen and oxygen atoms in total. The molecule has 0 bridgehead atoms. The summed E-state index contributed by atoms with van der Waals surface area (Å²) in [6.45, 7) is 0. The number of hydrogen-bond donors (Lipinski definition) is 2. The number of para-hydroxylation sites is 2. The number of hydrogen-bond acceptors (Lipinski definition) is 4. The van der Waals surface area contributed by atoms with Crippen LogP contribution >= 0.6 is 0 Å². The van der Waals surface area contributed by atoms with Crippen LogP contribution in [0.3, 0.4) is 0 Å². The van der Waals surface area contributed by atoms with E-state index in [0.29, 0.717) is 33.8 Å². The smallest absolute Gasteiger partial charge is 0.335 e. The number of carboxylic acid groups (broad SMARTS) is 1. The van der Waals surface area contributed by atoms with Gasteiger partial charge in [-0.3, -0.25) is 0 Å². The number of carbonyl (C=O) groups is 1. The Morgan fingerprint density at radius 3 is 1.58 bits per heavy atom. The lowest BCUT2D eigenvalue weighted by molar-refractivity contribution is 0.0697. The van der Waals surface area contributed by atoms with Crippen molar-refractivity contribution < 1.29 is 24.5 Å². The van der Waals surface area contributed by atoms with Gasteiger partial charge in [0.05, 0.1) is 19.8 Å². The van der Waals surface area contributed by atoms with Crippen molar-refractivity contribution in [3.05, 3.63) is 66.2 Å². The summed E-state index contributed by atoms with van der Waals surface area (Å²) in [7, 11) is 3.05. The molecule has 3 aromatic carbocycles. The summed E-state index contributed by atoms with van der Waals surface area (Å²) in [4.78, 5) is 11.6. The number of ether oxygens (including phenoxy) is 2. The van der Waals surface area contributed by atoms with Crippen LogP contribution in [-0.2, 0) is 0 Å². The summed E-state index contributed by atoms with van der Waals surface area (Å²) < 4.78 is 10.7. The van der Waals surface area contributed by atoms with Crippen LogP contribution < -0.4 is 9.47 Å². The molecule has 0 amide bonds. The highest BCUT2D eigenvalue weighted by Crippen LogP contribution is 2.44. The molecule has 2 N–H and O–H groups in total. The Morgan fingerprint density at radius 2 is 1.19 bits per heavy atom. The Morgan fingerprint density at radius 1 is 0.769 bits per heavy atom. The van der Waals surface area contributed by atoms with Crippen LogP contribution in [0.15, 0.2) is 60.7 Å². The topological polar surface area (TPSA) is 76.0 Å². The van der Waals surface area contributed by atoms with E-state index in [1.54, 1.807) is 36.4 Å². The number of aromatic hydroxyl groups is 1. The fraction of sp³-hybridized carbons (Fsp3) is 0.0952. The second kappa shape index (κ2) is 7.19. The first kappa shape index (κ1) is 17.4. The SMILES string of the molecule is COc1ccccc1-c1cc(C(=O)O)cc(-c2ccccc2OC)c1O. The van der Waals surface area contributed by atoms with Gasteiger partial charge in [-0.15, -0.1) is 0 Å². The highest BCUT2D eigenvalue weighted by atomic mass is 16.5. The van der Waals surface area contributed by atoms with Gasteiger partial charge in [0.15, 0.2) is 0 Å². The van der Waals surface area contributed by atoms with Crippen LogP contribution in [0.25, 0.3) is 22.3 Å². The Balaban J connectivity index is 2.33. The summed E-state index contributed by atoms with van der Waals surface area (Å²) in [5, 5.41) is 20.5. The lowest BCUT2D eigenvalue weighted by atomic mass is 9.93. The Bertz CT molecular complexity index is 894. The highest BCUT2D eigenvalue weighted by Gasteiger charge is 2.20. The molecule has 0 aliphatic carbocycles. The van der Waals surface area contributed by atoms with E-state index in [0.717, 1.165) is 0 Å². The van der Waals surface area contributed by atoms with E-state index in [1.807, 2.05) is 12.1 Å². The average molecular weight is 350 g/mol. The third kappa shape index (κ3) is 3.07. The number of rotatable bonds is 5. The molecule has 0 aromatic heterocycles. The van der Waals surface area contributed by atoms with Crippen LogP contribution in [-0.4, -0.2) is 30.4 Å². The number of phenolic OH excluding ortho intramolecular Hbond substituents is 1. The van der Waals surface area contributed by atoms with Crippen LogP contribution in [0.4, 0.5) is 0 Å². The molecule has 0 unspecified atom stereocenters. The largest absolute Gasteiger partial charge is 0.507 e. The molecule has 3 rings (SSSR count). The monoisotopic (exact) mass is 350 g/mol. The molecule has 0 saturated heterocycles. The first-order valence-corrected chi connectivity index (χ1v) is 7.94. The number of phenols is 1. The zero-order valence-electron chi connectivity index (χ0n) is 14.4. The van der Waals surface area contributed by atoms with Crippen molar-refractivity contribution in [1.29, 1.82) is 0 Å². The second-order valence-electron chi connectivity index (χ2n) is 5.63. The Labute approximate surface area is 151 Å². The molecule has 0 radical (unpaired) electrons. The zero-order chi connectivity index (χ0) is 18.7. The summed E-state index contributed by atoms with van der Waals surface area (Å²) >= 11 is 0. The van der Waals surface area contributed by atoms with Crippen molar-refractivity contribution in [1.82, 2.24) is 0 Å². The summed E-state index contributed by atoms with van der Waals surface area (Å²) in [5.74, 6) is -0.0473. The van der Waals surface area contributed by atoms with Crippen LogP contribution in [0, 0.1) is 0 Å². The number of carboxylic acids is 1. The van der Waals surface area contributed by atoms with Gasteiger partial charge in [-0.25, -0.2) is 4.79 Å². The van der Waals surface area contributed by atoms with Gasteiger partial charge in [0, 0.05) is 22.3 Å². The summed E-state index contributed by atoms with van der Waals surface area (Å²) in [6, 6.07) is 17.1.